The summed E-state index contributed by atoms with van der Waals surface area (Å²) in [7, 11) is 0.993. The van der Waals surface area contributed by atoms with Crippen molar-refractivity contribution in [3.63, 3.8) is 0 Å². The van der Waals surface area contributed by atoms with Gasteiger partial charge in [-0.05, 0) is 0 Å². The number of aromatic amines is 1. The van der Waals surface area contributed by atoms with Gasteiger partial charge in [-0.2, -0.15) is 18.3 Å². The molecule has 0 bridgehead atoms. The number of methoxy groups -OCH3 is 1. The lowest BCUT2D eigenvalue weighted by atomic mass is 10.3. The summed E-state index contributed by atoms with van der Waals surface area (Å²) in [6, 6.07) is 0. The van der Waals surface area contributed by atoms with E-state index in [2.05, 4.69) is 9.84 Å². The molecule has 0 fully saturated rings. The largest absolute Gasteiger partial charge is 0.492 e. The van der Waals surface area contributed by atoms with Crippen LogP contribution < -0.4 is 10.5 Å². The van der Waals surface area contributed by atoms with Crippen molar-refractivity contribution in [2.45, 2.75) is 6.18 Å². The molecule has 0 aliphatic rings. The van der Waals surface area contributed by atoms with Crippen molar-refractivity contribution in [2.75, 3.05) is 7.11 Å². The zero-order valence-corrected chi connectivity index (χ0v) is 6.97. The van der Waals surface area contributed by atoms with E-state index in [1.165, 1.54) is 0 Å². The number of amides is 1. The number of H-pyrrole nitrogens is 1. The number of halogens is 3. The second kappa shape index (κ2) is 3.20. The molecule has 1 rings (SSSR count). The molecular formula is C6H6F3N3O2. The molecule has 0 unspecified atom stereocenters. The molecule has 0 saturated heterocycles. The average Bonchev–Trinajstić information content (AvgIpc) is 2.45. The second-order valence-corrected chi connectivity index (χ2v) is 2.34. The highest BCUT2D eigenvalue weighted by molar-refractivity contribution is 5.93. The van der Waals surface area contributed by atoms with E-state index < -0.39 is 29.2 Å². The minimum Gasteiger partial charge on any atom is -0.492 e. The van der Waals surface area contributed by atoms with E-state index in [0.29, 0.717) is 0 Å². The fourth-order valence-electron chi connectivity index (χ4n) is 0.890. The Bertz CT molecular complexity index is 358. The van der Waals surface area contributed by atoms with E-state index in [1.54, 1.807) is 0 Å². The number of nitrogens with one attached hydrogen (secondary N) is 1. The van der Waals surface area contributed by atoms with Crippen LogP contribution in [0.15, 0.2) is 0 Å². The van der Waals surface area contributed by atoms with Crippen molar-refractivity contribution in [3.8, 4) is 5.75 Å². The lowest BCUT2D eigenvalue weighted by Crippen LogP contribution is -2.13. The summed E-state index contributed by atoms with van der Waals surface area (Å²) in [5, 5.41) is 4.77. The zero-order chi connectivity index (χ0) is 10.9. The minimum atomic E-state index is -4.68. The Morgan fingerprint density at radius 1 is 1.57 bits per heavy atom. The molecule has 3 N–H and O–H groups in total. The van der Waals surface area contributed by atoms with Gasteiger partial charge in [0.15, 0.2) is 11.4 Å². The van der Waals surface area contributed by atoms with Crippen LogP contribution in [-0.4, -0.2) is 23.2 Å². The number of primary amides is 1. The lowest BCUT2D eigenvalue weighted by molar-refractivity contribution is -0.142. The number of nitrogens with two attached hydrogens (primary N) is 1. The van der Waals surface area contributed by atoms with E-state index in [9.17, 15) is 18.0 Å². The number of carbonyl (C=O) groups excluding carboxylic acids is 1. The van der Waals surface area contributed by atoms with Crippen LogP contribution in [0.1, 0.15) is 16.2 Å². The third-order valence-electron chi connectivity index (χ3n) is 1.44. The molecule has 0 radical (unpaired) electrons. The Labute approximate surface area is 76.0 Å². The SMILES string of the molecule is COc1c(C(F)(F)F)n[nH]c1C(N)=O. The van der Waals surface area contributed by atoms with Gasteiger partial charge in [0.05, 0.1) is 7.11 Å². The third kappa shape index (κ3) is 1.63. The van der Waals surface area contributed by atoms with Crippen molar-refractivity contribution >= 4 is 5.91 Å². The monoisotopic (exact) mass is 209 g/mol. The molecule has 8 heteroatoms. The predicted molar refractivity (Wildman–Crippen MR) is 38.7 cm³/mol. The second-order valence-electron chi connectivity index (χ2n) is 2.34. The molecule has 1 aromatic heterocycles. The van der Waals surface area contributed by atoms with Crippen LogP contribution >= 0.6 is 0 Å². The highest BCUT2D eigenvalue weighted by atomic mass is 19.4. The summed E-state index contributed by atoms with van der Waals surface area (Å²) in [6.45, 7) is 0. The van der Waals surface area contributed by atoms with E-state index in [-0.39, 0.29) is 0 Å². The summed E-state index contributed by atoms with van der Waals surface area (Å²) in [5.41, 5.74) is 2.99. The molecule has 0 saturated carbocycles. The van der Waals surface area contributed by atoms with Gasteiger partial charge >= 0.3 is 6.18 Å². The van der Waals surface area contributed by atoms with Gasteiger partial charge in [0.25, 0.3) is 5.91 Å². The molecule has 14 heavy (non-hydrogen) atoms. The number of alkyl halides is 3. The molecule has 1 aromatic rings. The molecule has 1 heterocycles. The highest BCUT2D eigenvalue weighted by Crippen LogP contribution is 2.35. The van der Waals surface area contributed by atoms with E-state index in [0.717, 1.165) is 7.11 Å². The van der Waals surface area contributed by atoms with Crippen molar-refractivity contribution in [3.05, 3.63) is 11.4 Å². The standard InChI is InChI=1S/C6H6F3N3O2/c1-14-3-2(5(10)13)11-12-4(3)6(7,8)9/h1H3,(H2,10,13)(H,11,12). The van der Waals surface area contributed by atoms with Crippen LogP contribution in [0.4, 0.5) is 13.2 Å². The van der Waals surface area contributed by atoms with E-state index in [4.69, 9.17) is 5.73 Å². The smallest absolute Gasteiger partial charge is 0.438 e. The summed E-state index contributed by atoms with van der Waals surface area (Å²) < 4.78 is 41.0. The number of nitrogens with zero attached hydrogens (tertiary/aromatic N) is 1. The Kier molecular flexibility index (Phi) is 2.37. The topological polar surface area (TPSA) is 81.0 Å². The highest BCUT2D eigenvalue weighted by Gasteiger charge is 2.39. The fraction of sp³-hybridized carbons (Fsp3) is 0.333. The lowest BCUT2D eigenvalue weighted by Gasteiger charge is -2.04. The third-order valence-corrected chi connectivity index (χ3v) is 1.44. The fourth-order valence-corrected chi connectivity index (χ4v) is 0.890. The Balaban J connectivity index is 3.28. The van der Waals surface area contributed by atoms with Gasteiger partial charge in [0.1, 0.15) is 0 Å². The maximum absolute atomic E-state index is 12.2. The molecule has 1 amide bonds. The van der Waals surface area contributed by atoms with Crippen molar-refractivity contribution in [2.24, 2.45) is 5.73 Å². The number of carbonyl (C=O) groups is 1. The van der Waals surface area contributed by atoms with Crippen LogP contribution in [-0.2, 0) is 6.18 Å². The van der Waals surface area contributed by atoms with Gasteiger partial charge in [-0.15, -0.1) is 0 Å². The van der Waals surface area contributed by atoms with Gasteiger partial charge < -0.3 is 10.5 Å². The molecule has 0 spiro atoms. The summed E-state index contributed by atoms with van der Waals surface area (Å²) in [5.74, 6) is -1.75. The zero-order valence-electron chi connectivity index (χ0n) is 6.97. The summed E-state index contributed by atoms with van der Waals surface area (Å²) >= 11 is 0. The number of aromatic nitrogens is 2. The van der Waals surface area contributed by atoms with Crippen LogP contribution in [0.3, 0.4) is 0 Å². The predicted octanol–water partition coefficient (Wildman–Crippen LogP) is 0.536. The number of ether oxygens (including phenoxy) is 1. The molecule has 0 aromatic carbocycles. The van der Waals surface area contributed by atoms with Gasteiger partial charge in [0.2, 0.25) is 5.69 Å². The molecule has 0 atom stereocenters. The van der Waals surface area contributed by atoms with Crippen LogP contribution in [0.5, 0.6) is 5.75 Å². The number of rotatable bonds is 2. The number of hydrogen-bond donors (Lipinski definition) is 2. The first-order chi connectivity index (χ1) is 6.38. The first-order valence-corrected chi connectivity index (χ1v) is 3.37. The maximum Gasteiger partial charge on any atom is 0.438 e. The first-order valence-electron chi connectivity index (χ1n) is 3.37. The Hall–Kier alpha value is -1.73. The van der Waals surface area contributed by atoms with Crippen molar-refractivity contribution in [1.82, 2.24) is 10.2 Å². The van der Waals surface area contributed by atoms with E-state index in [1.807, 2.05) is 5.10 Å². The number of hydrogen-bond acceptors (Lipinski definition) is 3. The van der Waals surface area contributed by atoms with E-state index >= 15 is 0 Å². The van der Waals surface area contributed by atoms with Crippen LogP contribution in [0.25, 0.3) is 0 Å². The van der Waals surface area contributed by atoms with Gasteiger partial charge in [-0.3, -0.25) is 9.89 Å². The molecular weight excluding hydrogens is 203 g/mol. The minimum absolute atomic E-state index is 0.500. The molecule has 0 aliphatic heterocycles. The Morgan fingerprint density at radius 2 is 2.14 bits per heavy atom. The van der Waals surface area contributed by atoms with Crippen LogP contribution in [0.2, 0.25) is 0 Å². The van der Waals surface area contributed by atoms with Gasteiger partial charge in [-0.25, -0.2) is 0 Å². The van der Waals surface area contributed by atoms with Gasteiger partial charge in [0, 0.05) is 0 Å². The molecule has 78 valence electrons. The maximum atomic E-state index is 12.2. The average molecular weight is 209 g/mol. The first kappa shape index (κ1) is 10.4. The Morgan fingerprint density at radius 3 is 2.50 bits per heavy atom. The van der Waals surface area contributed by atoms with Gasteiger partial charge in [-0.1, -0.05) is 0 Å². The summed E-state index contributed by atoms with van der Waals surface area (Å²) in [4.78, 5) is 10.6. The summed E-state index contributed by atoms with van der Waals surface area (Å²) in [6.07, 6.45) is -4.68. The van der Waals surface area contributed by atoms with Crippen LogP contribution in [0, 0.1) is 0 Å². The van der Waals surface area contributed by atoms with Crippen molar-refractivity contribution in [1.29, 1.82) is 0 Å². The normalized spacial score (nSPS) is 11.4. The molecule has 0 aliphatic carbocycles. The van der Waals surface area contributed by atoms with Crippen molar-refractivity contribution < 1.29 is 22.7 Å². The molecule has 5 nitrogen and oxygen atoms in total. The quantitative estimate of drug-likeness (QED) is 0.745.